The van der Waals surface area contributed by atoms with E-state index >= 15 is 0 Å². The van der Waals surface area contributed by atoms with Crippen LogP contribution in [0.1, 0.15) is 41.8 Å². The highest BCUT2D eigenvalue weighted by atomic mass is 32.1. The van der Waals surface area contributed by atoms with Gasteiger partial charge in [0.15, 0.2) is 0 Å². The van der Waals surface area contributed by atoms with Crippen LogP contribution in [0.4, 0.5) is 0 Å². The molecule has 1 fully saturated rings. The number of aryl methyl sites for hydroxylation is 2. The molecule has 0 saturated heterocycles. The lowest BCUT2D eigenvalue weighted by Crippen LogP contribution is -2.21. The Morgan fingerprint density at radius 3 is 2.45 bits per heavy atom. The van der Waals surface area contributed by atoms with E-state index in [1.54, 1.807) is 0 Å². The summed E-state index contributed by atoms with van der Waals surface area (Å²) in [5, 5.41) is 3.66. The quantitative estimate of drug-likeness (QED) is 0.806. The molecule has 1 nitrogen and oxygen atoms in total. The van der Waals surface area contributed by atoms with Crippen LogP contribution in [0.3, 0.4) is 0 Å². The van der Waals surface area contributed by atoms with Gasteiger partial charge < -0.3 is 5.32 Å². The van der Waals surface area contributed by atoms with Gasteiger partial charge in [-0.1, -0.05) is 36.2 Å². The van der Waals surface area contributed by atoms with Crippen LogP contribution >= 0.6 is 11.3 Å². The fourth-order valence-corrected chi connectivity index (χ4v) is 4.11. The van der Waals surface area contributed by atoms with Crippen LogP contribution in [0.2, 0.25) is 0 Å². The molecule has 1 atom stereocenters. The lowest BCUT2D eigenvalue weighted by Gasteiger charge is -2.15. The standard InChI is InChI=1S/C18H23NS/c1-4-19-18(14-5-6-14)17-8-7-16(20-17)15-10-12(2)9-13(3)11-15/h7-11,14,18-19H,4-6H2,1-3H3. The first-order valence-corrected chi connectivity index (χ1v) is 8.41. The summed E-state index contributed by atoms with van der Waals surface area (Å²) in [6, 6.07) is 12.0. The molecule has 1 saturated carbocycles. The number of benzene rings is 1. The van der Waals surface area contributed by atoms with E-state index in [0.29, 0.717) is 6.04 Å². The van der Waals surface area contributed by atoms with Gasteiger partial charge in [0, 0.05) is 15.8 Å². The fraction of sp³-hybridized carbons (Fsp3) is 0.444. The maximum absolute atomic E-state index is 3.66. The summed E-state index contributed by atoms with van der Waals surface area (Å²) in [5.41, 5.74) is 4.06. The molecule has 0 amide bonds. The van der Waals surface area contributed by atoms with Gasteiger partial charge in [0.05, 0.1) is 0 Å². The first-order chi connectivity index (χ1) is 9.67. The van der Waals surface area contributed by atoms with Gasteiger partial charge >= 0.3 is 0 Å². The van der Waals surface area contributed by atoms with E-state index in [1.807, 2.05) is 11.3 Å². The molecular weight excluding hydrogens is 262 g/mol. The topological polar surface area (TPSA) is 12.0 Å². The Hall–Kier alpha value is -1.12. The van der Waals surface area contributed by atoms with Crippen molar-refractivity contribution in [3.63, 3.8) is 0 Å². The first kappa shape index (κ1) is 13.8. The average molecular weight is 285 g/mol. The Bertz CT molecular complexity index is 575. The molecule has 106 valence electrons. The second-order valence-electron chi connectivity index (χ2n) is 5.95. The van der Waals surface area contributed by atoms with Crippen molar-refractivity contribution in [2.45, 2.75) is 39.7 Å². The van der Waals surface area contributed by atoms with E-state index < -0.39 is 0 Å². The van der Waals surface area contributed by atoms with Crippen molar-refractivity contribution in [3.05, 3.63) is 46.3 Å². The van der Waals surface area contributed by atoms with Gasteiger partial charge in [0.1, 0.15) is 0 Å². The number of rotatable bonds is 5. The lowest BCUT2D eigenvalue weighted by molar-refractivity contribution is 0.504. The first-order valence-electron chi connectivity index (χ1n) is 7.59. The molecule has 3 rings (SSSR count). The molecule has 1 aromatic heterocycles. The fourth-order valence-electron chi connectivity index (χ4n) is 2.94. The van der Waals surface area contributed by atoms with Crippen LogP contribution in [-0.4, -0.2) is 6.54 Å². The molecule has 0 bridgehead atoms. The summed E-state index contributed by atoms with van der Waals surface area (Å²) in [4.78, 5) is 2.90. The van der Waals surface area contributed by atoms with E-state index in [1.165, 1.54) is 39.3 Å². The Morgan fingerprint density at radius 2 is 1.85 bits per heavy atom. The number of nitrogens with one attached hydrogen (secondary N) is 1. The van der Waals surface area contributed by atoms with Crippen molar-refractivity contribution in [3.8, 4) is 10.4 Å². The van der Waals surface area contributed by atoms with E-state index in [9.17, 15) is 0 Å². The number of hydrogen-bond donors (Lipinski definition) is 1. The SMILES string of the molecule is CCNC(c1ccc(-c2cc(C)cc(C)c2)s1)C1CC1. The second kappa shape index (κ2) is 5.71. The van der Waals surface area contributed by atoms with Gasteiger partial charge in [-0.15, -0.1) is 11.3 Å². The Morgan fingerprint density at radius 1 is 1.15 bits per heavy atom. The highest BCUT2D eigenvalue weighted by molar-refractivity contribution is 7.15. The summed E-state index contributed by atoms with van der Waals surface area (Å²) in [6.07, 6.45) is 2.77. The van der Waals surface area contributed by atoms with Gasteiger partial charge in [-0.3, -0.25) is 0 Å². The van der Waals surface area contributed by atoms with Crippen LogP contribution in [0.15, 0.2) is 30.3 Å². The van der Waals surface area contributed by atoms with Crippen molar-refractivity contribution >= 4 is 11.3 Å². The van der Waals surface area contributed by atoms with Crippen molar-refractivity contribution in [2.75, 3.05) is 6.54 Å². The third-order valence-corrected chi connectivity index (χ3v) is 5.17. The minimum absolute atomic E-state index is 0.574. The summed E-state index contributed by atoms with van der Waals surface area (Å²) >= 11 is 1.96. The zero-order valence-corrected chi connectivity index (χ0v) is 13.4. The predicted octanol–water partition coefficient (Wildman–Crippen LogP) is 5.09. The Kier molecular flexibility index (Phi) is 3.95. The van der Waals surface area contributed by atoms with Crippen LogP contribution in [-0.2, 0) is 0 Å². The minimum Gasteiger partial charge on any atom is -0.309 e. The van der Waals surface area contributed by atoms with Crippen LogP contribution < -0.4 is 5.32 Å². The third kappa shape index (κ3) is 2.97. The zero-order chi connectivity index (χ0) is 14.1. The molecule has 2 aromatic rings. The minimum atomic E-state index is 0.574. The van der Waals surface area contributed by atoms with Gasteiger partial charge in [-0.05, 0) is 56.8 Å². The molecule has 2 heteroatoms. The van der Waals surface area contributed by atoms with E-state index in [2.05, 4.69) is 56.4 Å². The van der Waals surface area contributed by atoms with Gasteiger partial charge in [0.2, 0.25) is 0 Å². The van der Waals surface area contributed by atoms with Gasteiger partial charge in [-0.2, -0.15) is 0 Å². The molecule has 1 unspecified atom stereocenters. The second-order valence-corrected chi connectivity index (χ2v) is 7.07. The maximum Gasteiger partial charge on any atom is 0.0443 e. The third-order valence-electron chi connectivity index (χ3n) is 3.96. The van der Waals surface area contributed by atoms with Gasteiger partial charge in [-0.25, -0.2) is 0 Å². The maximum atomic E-state index is 3.66. The Balaban J connectivity index is 1.88. The van der Waals surface area contributed by atoms with Crippen LogP contribution in [0.25, 0.3) is 10.4 Å². The zero-order valence-electron chi connectivity index (χ0n) is 12.6. The molecular formula is C18H23NS. The molecule has 1 aliphatic rings. The molecule has 0 spiro atoms. The summed E-state index contributed by atoms with van der Waals surface area (Å²) < 4.78 is 0. The average Bonchev–Trinajstić information content (AvgIpc) is 3.11. The summed E-state index contributed by atoms with van der Waals surface area (Å²) in [6.45, 7) is 7.61. The predicted molar refractivity (Wildman–Crippen MR) is 88.4 cm³/mol. The monoisotopic (exact) mass is 285 g/mol. The molecule has 0 aliphatic heterocycles. The highest BCUT2D eigenvalue weighted by Gasteiger charge is 2.32. The van der Waals surface area contributed by atoms with Crippen molar-refractivity contribution in [1.29, 1.82) is 0 Å². The van der Waals surface area contributed by atoms with Crippen molar-refractivity contribution < 1.29 is 0 Å². The molecule has 1 N–H and O–H groups in total. The number of hydrogen-bond acceptors (Lipinski definition) is 2. The van der Waals surface area contributed by atoms with E-state index in [-0.39, 0.29) is 0 Å². The lowest BCUT2D eigenvalue weighted by atomic mass is 10.1. The summed E-state index contributed by atoms with van der Waals surface area (Å²) in [7, 11) is 0. The van der Waals surface area contributed by atoms with E-state index in [0.717, 1.165) is 12.5 Å². The smallest absolute Gasteiger partial charge is 0.0443 e. The normalized spacial score (nSPS) is 16.4. The van der Waals surface area contributed by atoms with Gasteiger partial charge in [0.25, 0.3) is 0 Å². The number of thiophene rings is 1. The molecule has 20 heavy (non-hydrogen) atoms. The summed E-state index contributed by atoms with van der Waals surface area (Å²) in [5.74, 6) is 0.862. The Labute approximate surface area is 126 Å². The highest BCUT2D eigenvalue weighted by Crippen LogP contribution is 2.44. The molecule has 0 radical (unpaired) electrons. The van der Waals surface area contributed by atoms with E-state index in [4.69, 9.17) is 0 Å². The van der Waals surface area contributed by atoms with Crippen LogP contribution in [0, 0.1) is 19.8 Å². The largest absolute Gasteiger partial charge is 0.309 e. The molecule has 1 heterocycles. The van der Waals surface area contributed by atoms with Crippen molar-refractivity contribution in [1.82, 2.24) is 5.32 Å². The molecule has 1 aliphatic carbocycles. The van der Waals surface area contributed by atoms with Crippen LogP contribution in [0.5, 0.6) is 0 Å². The van der Waals surface area contributed by atoms with Crippen molar-refractivity contribution in [2.24, 2.45) is 5.92 Å². The molecule has 1 aromatic carbocycles.